The van der Waals surface area contributed by atoms with Gasteiger partial charge in [-0.15, -0.1) is 0 Å². The summed E-state index contributed by atoms with van der Waals surface area (Å²) in [5.74, 6) is -0.0371. The molecule has 1 atom stereocenters. The first-order chi connectivity index (χ1) is 8.95. The van der Waals surface area contributed by atoms with Gasteiger partial charge in [0.1, 0.15) is 10.7 Å². The molecule has 7 heteroatoms. The van der Waals surface area contributed by atoms with E-state index in [2.05, 4.69) is 20.9 Å². The van der Waals surface area contributed by atoms with Gasteiger partial charge in [0.15, 0.2) is 0 Å². The molecular formula is C12H15BrN2O3S. The van der Waals surface area contributed by atoms with Crippen LogP contribution in [0.4, 0.5) is 0 Å². The second-order valence-electron chi connectivity index (χ2n) is 4.52. The maximum atomic E-state index is 12.5. The lowest BCUT2D eigenvalue weighted by molar-refractivity contribution is -0.125. The number of aromatic nitrogens is 1. The van der Waals surface area contributed by atoms with Gasteiger partial charge in [-0.3, -0.25) is 9.78 Å². The van der Waals surface area contributed by atoms with Gasteiger partial charge in [-0.1, -0.05) is 6.92 Å². The van der Waals surface area contributed by atoms with Crippen molar-refractivity contribution in [3.05, 3.63) is 22.9 Å². The van der Waals surface area contributed by atoms with E-state index < -0.39 is 10.0 Å². The number of carbonyl (C=O) groups excluding carboxylic acids is 1. The molecule has 0 aliphatic carbocycles. The van der Waals surface area contributed by atoms with Crippen LogP contribution in [-0.2, 0) is 14.8 Å². The van der Waals surface area contributed by atoms with Crippen LogP contribution < -0.4 is 0 Å². The molecule has 2 heterocycles. The third-order valence-corrected chi connectivity index (χ3v) is 5.56. The number of rotatable bonds is 3. The molecular weight excluding hydrogens is 332 g/mol. The van der Waals surface area contributed by atoms with Crippen molar-refractivity contribution in [1.82, 2.24) is 9.29 Å². The summed E-state index contributed by atoms with van der Waals surface area (Å²) in [6.07, 6.45) is 3.83. The zero-order chi connectivity index (χ0) is 14.0. The number of pyridine rings is 1. The lowest BCUT2D eigenvalue weighted by Crippen LogP contribution is -2.43. The summed E-state index contributed by atoms with van der Waals surface area (Å²) >= 11 is 3.21. The maximum absolute atomic E-state index is 12.5. The van der Waals surface area contributed by atoms with Crippen molar-refractivity contribution in [2.24, 2.45) is 5.92 Å². The van der Waals surface area contributed by atoms with Gasteiger partial charge < -0.3 is 0 Å². The summed E-state index contributed by atoms with van der Waals surface area (Å²) in [5.41, 5.74) is 0. The van der Waals surface area contributed by atoms with E-state index in [1.807, 2.05) is 6.92 Å². The predicted molar refractivity (Wildman–Crippen MR) is 74.1 cm³/mol. The molecule has 0 radical (unpaired) electrons. The van der Waals surface area contributed by atoms with Gasteiger partial charge in [0.25, 0.3) is 0 Å². The highest BCUT2D eigenvalue weighted by Crippen LogP contribution is 2.24. The van der Waals surface area contributed by atoms with Crippen molar-refractivity contribution in [2.75, 3.05) is 13.1 Å². The second-order valence-corrected chi connectivity index (χ2v) is 7.38. The number of nitrogens with zero attached hydrogens (tertiary/aromatic N) is 2. The third kappa shape index (κ3) is 3.04. The highest BCUT2D eigenvalue weighted by atomic mass is 79.9. The lowest BCUT2D eigenvalue weighted by atomic mass is 9.96. The largest absolute Gasteiger partial charge is 0.299 e. The molecule has 1 aliphatic heterocycles. The first kappa shape index (κ1) is 14.6. The topological polar surface area (TPSA) is 67.3 Å². The summed E-state index contributed by atoms with van der Waals surface area (Å²) < 4.78 is 26.9. The summed E-state index contributed by atoms with van der Waals surface area (Å²) in [6.45, 7) is 2.42. The van der Waals surface area contributed by atoms with E-state index in [1.54, 1.807) is 0 Å². The van der Waals surface area contributed by atoms with Gasteiger partial charge in [0.05, 0.1) is 0 Å². The fourth-order valence-electron chi connectivity index (χ4n) is 2.14. The Balaban J connectivity index is 2.28. The van der Waals surface area contributed by atoms with Crippen molar-refractivity contribution in [3.8, 4) is 0 Å². The number of carbonyl (C=O) groups is 1. The number of sulfonamides is 1. The summed E-state index contributed by atoms with van der Waals surface area (Å²) in [6, 6.07) is 1.53. The molecule has 2 rings (SSSR count). The lowest BCUT2D eigenvalue weighted by Gasteiger charge is -2.30. The van der Waals surface area contributed by atoms with Crippen LogP contribution in [0.1, 0.15) is 19.8 Å². The molecule has 1 saturated heterocycles. The number of ketones is 1. The third-order valence-electron chi connectivity index (χ3n) is 3.30. The monoisotopic (exact) mass is 346 g/mol. The predicted octanol–water partition coefficient (Wildman–Crippen LogP) is 1.83. The molecule has 0 aromatic carbocycles. The Morgan fingerprint density at radius 2 is 2.21 bits per heavy atom. The summed E-state index contributed by atoms with van der Waals surface area (Å²) in [7, 11) is -3.56. The van der Waals surface area contributed by atoms with E-state index in [0.717, 1.165) is 0 Å². The molecule has 0 spiro atoms. The maximum Gasteiger partial charge on any atom is 0.244 e. The highest BCUT2D eigenvalue weighted by molar-refractivity contribution is 9.10. The van der Waals surface area contributed by atoms with Crippen molar-refractivity contribution in [1.29, 1.82) is 0 Å². The highest BCUT2D eigenvalue weighted by Gasteiger charge is 2.33. The first-order valence-electron chi connectivity index (χ1n) is 6.08. The van der Waals surface area contributed by atoms with Crippen LogP contribution in [0.5, 0.6) is 0 Å². The molecule has 19 heavy (non-hydrogen) atoms. The number of hydrogen-bond donors (Lipinski definition) is 0. The van der Waals surface area contributed by atoms with E-state index in [0.29, 0.717) is 17.3 Å². The van der Waals surface area contributed by atoms with E-state index in [9.17, 15) is 13.2 Å². The Morgan fingerprint density at radius 3 is 2.84 bits per heavy atom. The van der Waals surface area contributed by atoms with Gasteiger partial charge >= 0.3 is 0 Å². The smallest absolute Gasteiger partial charge is 0.244 e. The summed E-state index contributed by atoms with van der Waals surface area (Å²) in [4.78, 5) is 15.7. The van der Waals surface area contributed by atoms with Crippen LogP contribution in [0.3, 0.4) is 0 Å². The Kier molecular flexibility index (Phi) is 4.37. The minimum atomic E-state index is -3.56. The van der Waals surface area contributed by atoms with Gasteiger partial charge in [0, 0.05) is 42.3 Å². The molecule has 1 aliphatic rings. The Labute approximate surface area is 121 Å². The number of hydrogen-bond acceptors (Lipinski definition) is 4. The molecule has 5 nitrogen and oxygen atoms in total. The normalized spacial score (nSPS) is 21.6. The zero-order valence-electron chi connectivity index (χ0n) is 10.5. The minimum absolute atomic E-state index is 0.154. The van der Waals surface area contributed by atoms with Crippen LogP contribution in [0, 0.1) is 5.92 Å². The van der Waals surface area contributed by atoms with Gasteiger partial charge in [-0.25, -0.2) is 8.42 Å². The van der Waals surface area contributed by atoms with Crippen molar-refractivity contribution in [2.45, 2.75) is 24.7 Å². The molecule has 1 aromatic heterocycles. The summed E-state index contributed by atoms with van der Waals surface area (Å²) in [5, 5.41) is 0. The Bertz CT molecular complexity index is 588. The van der Waals surface area contributed by atoms with E-state index in [-0.39, 0.29) is 29.7 Å². The Hall–Kier alpha value is -0.790. The molecule has 104 valence electrons. The number of piperidine rings is 1. The van der Waals surface area contributed by atoms with Crippen LogP contribution in [0.2, 0.25) is 0 Å². The minimum Gasteiger partial charge on any atom is -0.299 e. The van der Waals surface area contributed by atoms with E-state index in [1.165, 1.54) is 22.8 Å². The van der Waals surface area contributed by atoms with Crippen LogP contribution in [0.25, 0.3) is 0 Å². The zero-order valence-corrected chi connectivity index (χ0v) is 12.9. The van der Waals surface area contributed by atoms with E-state index >= 15 is 0 Å². The van der Waals surface area contributed by atoms with Crippen molar-refractivity contribution < 1.29 is 13.2 Å². The SMILES string of the molecule is CCC1CN(S(=O)(=O)c2cncc(Br)c2)CCC1=O. The molecule has 0 N–H and O–H groups in total. The molecule has 1 fully saturated rings. The molecule has 0 saturated carbocycles. The molecule has 0 bridgehead atoms. The number of Topliss-reactive ketones (excluding diaryl/α,β-unsaturated/α-hetero) is 1. The fraction of sp³-hybridized carbons (Fsp3) is 0.500. The quantitative estimate of drug-likeness (QED) is 0.837. The van der Waals surface area contributed by atoms with E-state index in [4.69, 9.17) is 0 Å². The molecule has 1 unspecified atom stereocenters. The van der Waals surface area contributed by atoms with Crippen LogP contribution >= 0.6 is 15.9 Å². The fourth-order valence-corrected chi connectivity index (χ4v) is 4.13. The molecule has 1 aromatic rings. The molecule has 0 amide bonds. The van der Waals surface area contributed by atoms with Gasteiger partial charge in [0.2, 0.25) is 10.0 Å². The Morgan fingerprint density at radius 1 is 1.47 bits per heavy atom. The number of halogens is 1. The van der Waals surface area contributed by atoms with Crippen molar-refractivity contribution in [3.63, 3.8) is 0 Å². The van der Waals surface area contributed by atoms with Gasteiger partial charge in [-0.05, 0) is 28.4 Å². The average Bonchev–Trinajstić information content (AvgIpc) is 2.39. The van der Waals surface area contributed by atoms with Crippen LogP contribution in [0.15, 0.2) is 27.8 Å². The van der Waals surface area contributed by atoms with Gasteiger partial charge in [-0.2, -0.15) is 4.31 Å². The average molecular weight is 347 g/mol. The first-order valence-corrected chi connectivity index (χ1v) is 8.32. The van der Waals surface area contributed by atoms with Crippen molar-refractivity contribution >= 4 is 31.7 Å². The van der Waals surface area contributed by atoms with Crippen LogP contribution in [-0.4, -0.2) is 36.6 Å². The standard InChI is InChI=1S/C12H15BrN2O3S/c1-2-9-8-15(4-3-12(9)16)19(17,18)11-5-10(13)6-14-7-11/h5-7,9H,2-4,8H2,1H3. The second kappa shape index (κ2) is 5.68.